The number of ketones is 2. The summed E-state index contributed by atoms with van der Waals surface area (Å²) in [4.78, 5) is 58.2. The maximum atomic E-state index is 14.0. The van der Waals surface area contributed by atoms with Crippen molar-refractivity contribution in [3.63, 3.8) is 0 Å². The highest BCUT2D eigenvalue weighted by atomic mass is 35.5. The first kappa shape index (κ1) is 25.0. The Labute approximate surface area is 231 Å². The zero-order valence-electron chi connectivity index (χ0n) is 21.4. The van der Waals surface area contributed by atoms with Crippen LogP contribution in [0.3, 0.4) is 0 Å². The first-order valence-corrected chi connectivity index (χ1v) is 13.2. The second-order valence-corrected chi connectivity index (χ2v) is 10.7. The summed E-state index contributed by atoms with van der Waals surface area (Å²) >= 11 is 6.05. The lowest BCUT2D eigenvalue weighted by atomic mass is 9.85. The normalized spacial score (nSPS) is 23.5. The summed E-state index contributed by atoms with van der Waals surface area (Å²) < 4.78 is 0. The smallest absolute Gasteiger partial charge is 0.240 e. The van der Waals surface area contributed by atoms with Crippen LogP contribution >= 0.6 is 11.6 Å². The number of carbonyl (C=O) groups is 4. The molecule has 6 nitrogen and oxygen atoms in total. The third-order valence-corrected chi connectivity index (χ3v) is 8.09. The van der Waals surface area contributed by atoms with Gasteiger partial charge in [-0.05, 0) is 55.8 Å². The summed E-state index contributed by atoms with van der Waals surface area (Å²) in [5, 5.41) is 0.492. The molecule has 0 radical (unpaired) electrons. The number of amides is 2. The SMILES string of the molecule is Cc1ccc(N2C(=O)[C@@H]3[C@H](C2=O)[C@H]2C=C(C(=O)c4ccccc4)C=CN2[C@@H]3C(=O)c2ccc(Cl)cc2)c(C)c1. The Balaban J connectivity index is 1.44. The topological polar surface area (TPSA) is 74.8 Å². The fourth-order valence-electron chi connectivity index (χ4n) is 6.03. The van der Waals surface area contributed by atoms with Gasteiger partial charge in [-0.25, -0.2) is 4.90 Å². The number of halogens is 1. The molecular weight excluding hydrogens is 512 g/mol. The molecule has 3 aliphatic heterocycles. The molecule has 2 fully saturated rings. The Kier molecular flexibility index (Phi) is 6.07. The van der Waals surface area contributed by atoms with E-state index in [9.17, 15) is 19.2 Å². The molecule has 4 atom stereocenters. The Morgan fingerprint density at radius 2 is 1.51 bits per heavy atom. The number of allylic oxidation sites excluding steroid dienone is 2. The fourth-order valence-corrected chi connectivity index (χ4v) is 6.16. The molecule has 0 aromatic heterocycles. The van der Waals surface area contributed by atoms with E-state index in [1.165, 1.54) is 4.90 Å². The number of imide groups is 1. The van der Waals surface area contributed by atoms with E-state index in [0.717, 1.165) is 11.1 Å². The molecule has 7 heteroatoms. The van der Waals surface area contributed by atoms with Gasteiger partial charge in [-0.1, -0.05) is 65.7 Å². The minimum Gasteiger partial charge on any atom is -0.359 e. The number of Topliss-reactive ketones (excluding diaryl/α,β-unsaturated/α-hetero) is 2. The third-order valence-electron chi connectivity index (χ3n) is 7.84. The average molecular weight is 537 g/mol. The molecule has 3 aliphatic rings. The van der Waals surface area contributed by atoms with Gasteiger partial charge in [0, 0.05) is 27.9 Å². The highest BCUT2D eigenvalue weighted by molar-refractivity contribution is 6.30. The average Bonchev–Trinajstić information content (AvgIpc) is 3.40. The van der Waals surface area contributed by atoms with Crippen LogP contribution < -0.4 is 4.90 Å². The summed E-state index contributed by atoms with van der Waals surface area (Å²) in [6.07, 6.45) is 5.07. The fraction of sp³-hybridized carbons (Fsp3) is 0.188. The highest BCUT2D eigenvalue weighted by Gasteiger charge is 2.63. The molecule has 2 amide bonds. The van der Waals surface area contributed by atoms with E-state index in [1.54, 1.807) is 77.8 Å². The van der Waals surface area contributed by atoms with Crippen molar-refractivity contribution in [3.05, 3.63) is 124 Å². The van der Waals surface area contributed by atoms with Crippen molar-refractivity contribution in [2.75, 3.05) is 4.90 Å². The molecule has 6 rings (SSSR count). The first-order valence-electron chi connectivity index (χ1n) is 12.8. The molecule has 0 N–H and O–H groups in total. The second-order valence-electron chi connectivity index (χ2n) is 10.2. The monoisotopic (exact) mass is 536 g/mol. The van der Waals surface area contributed by atoms with Crippen LogP contribution in [0.2, 0.25) is 5.02 Å². The van der Waals surface area contributed by atoms with Crippen LogP contribution in [0, 0.1) is 25.7 Å². The number of hydrogen-bond acceptors (Lipinski definition) is 5. The minimum absolute atomic E-state index is 0.182. The number of benzene rings is 3. The van der Waals surface area contributed by atoms with Crippen LogP contribution in [0.25, 0.3) is 0 Å². The standard InChI is InChI=1S/C32H25ClN2O4/c1-18-8-13-24(19(2)16-18)35-31(38)26-25-17-22(29(36)20-6-4-3-5-7-20)14-15-34(25)28(27(26)32(35)39)30(37)21-9-11-23(33)12-10-21/h3-17,25-28H,1-2H3/t25-,26-,27-,28+/m1/s1. The molecule has 3 aromatic rings. The van der Waals surface area contributed by atoms with Crippen LogP contribution in [0.4, 0.5) is 5.69 Å². The van der Waals surface area contributed by atoms with Gasteiger partial charge in [0.1, 0.15) is 6.04 Å². The molecule has 3 aromatic carbocycles. The molecular formula is C32H25ClN2O4. The van der Waals surface area contributed by atoms with Gasteiger partial charge in [0.25, 0.3) is 0 Å². The van der Waals surface area contributed by atoms with Crippen LogP contribution in [0.1, 0.15) is 31.8 Å². The Morgan fingerprint density at radius 1 is 0.821 bits per heavy atom. The molecule has 0 unspecified atom stereocenters. The van der Waals surface area contributed by atoms with Crippen LogP contribution in [0.15, 0.2) is 96.7 Å². The molecule has 0 aliphatic carbocycles. The first-order chi connectivity index (χ1) is 18.8. The number of nitrogens with zero attached hydrogens (tertiary/aromatic N) is 2. The Hall–Kier alpha value is -4.29. The molecule has 194 valence electrons. The summed E-state index contributed by atoms with van der Waals surface area (Å²) in [6.45, 7) is 3.81. The lowest BCUT2D eigenvalue weighted by Crippen LogP contribution is -2.46. The van der Waals surface area contributed by atoms with Crippen molar-refractivity contribution >= 4 is 40.7 Å². The molecule has 2 saturated heterocycles. The van der Waals surface area contributed by atoms with Gasteiger partial charge in [0.15, 0.2) is 11.6 Å². The van der Waals surface area contributed by atoms with E-state index in [-0.39, 0.29) is 17.5 Å². The molecule has 0 spiro atoms. The number of rotatable bonds is 5. The molecule has 39 heavy (non-hydrogen) atoms. The molecule has 0 bridgehead atoms. The maximum absolute atomic E-state index is 14.0. The number of aryl methyl sites for hydroxylation is 2. The zero-order chi connectivity index (χ0) is 27.4. The van der Waals surface area contributed by atoms with Crippen molar-refractivity contribution < 1.29 is 19.2 Å². The predicted molar refractivity (Wildman–Crippen MR) is 149 cm³/mol. The highest BCUT2D eigenvalue weighted by Crippen LogP contribution is 2.47. The number of hydrogen-bond donors (Lipinski definition) is 0. The largest absolute Gasteiger partial charge is 0.359 e. The number of anilines is 1. The van der Waals surface area contributed by atoms with E-state index < -0.39 is 29.8 Å². The van der Waals surface area contributed by atoms with E-state index in [2.05, 4.69) is 0 Å². The van der Waals surface area contributed by atoms with E-state index in [4.69, 9.17) is 11.6 Å². The Morgan fingerprint density at radius 3 is 2.21 bits per heavy atom. The summed E-state index contributed by atoms with van der Waals surface area (Å²) in [5.74, 6) is -2.95. The summed E-state index contributed by atoms with van der Waals surface area (Å²) in [5.41, 5.74) is 3.68. The molecule has 0 saturated carbocycles. The number of carbonyl (C=O) groups excluding carboxylic acids is 4. The Bertz CT molecular complexity index is 1590. The van der Waals surface area contributed by atoms with Gasteiger partial charge in [0.05, 0.1) is 23.6 Å². The van der Waals surface area contributed by atoms with Gasteiger partial charge in [0.2, 0.25) is 11.8 Å². The van der Waals surface area contributed by atoms with Gasteiger partial charge in [-0.2, -0.15) is 0 Å². The van der Waals surface area contributed by atoms with Crippen molar-refractivity contribution in [1.82, 2.24) is 4.90 Å². The van der Waals surface area contributed by atoms with Gasteiger partial charge in [-0.15, -0.1) is 0 Å². The van der Waals surface area contributed by atoms with Crippen LogP contribution in [0.5, 0.6) is 0 Å². The van der Waals surface area contributed by atoms with Crippen LogP contribution in [-0.2, 0) is 9.59 Å². The van der Waals surface area contributed by atoms with Gasteiger partial charge >= 0.3 is 0 Å². The van der Waals surface area contributed by atoms with Gasteiger partial charge in [-0.3, -0.25) is 19.2 Å². The minimum atomic E-state index is -0.908. The lowest BCUT2D eigenvalue weighted by molar-refractivity contribution is -0.123. The summed E-state index contributed by atoms with van der Waals surface area (Å²) in [6, 6.07) is 19.4. The van der Waals surface area contributed by atoms with Crippen molar-refractivity contribution in [1.29, 1.82) is 0 Å². The quantitative estimate of drug-likeness (QED) is 0.325. The van der Waals surface area contributed by atoms with Crippen LogP contribution in [-0.4, -0.2) is 40.4 Å². The summed E-state index contributed by atoms with van der Waals surface area (Å²) in [7, 11) is 0. The third kappa shape index (κ3) is 4.03. The number of fused-ring (bicyclic) bond motifs is 3. The van der Waals surface area contributed by atoms with Crippen molar-refractivity contribution in [2.24, 2.45) is 11.8 Å². The van der Waals surface area contributed by atoms with Crippen molar-refractivity contribution in [3.8, 4) is 0 Å². The van der Waals surface area contributed by atoms with E-state index in [1.807, 2.05) is 32.0 Å². The van der Waals surface area contributed by atoms with Crippen molar-refractivity contribution in [2.45, 2.75) is 25.9 Å². The van der Waals surface area contributed by atoms with Gasteiger partial charge < -0.3 is 4.90 Å². The zero-order valence-corrected chi connectivity index (χ0v) is 22.1. The van der Waals surface area contributed by atoms with E-state index in [0.29, 0.717) is 27.4 Å². The predicted octanol–water partition coefficient (Wildman–Crippen LogP) is 5.33. The molecule has 3 heterocycles. The maximum Gasteiger partial charge on any atom is 0.240 e. The van der Waals surface area contributed by atoms with E-state index >= 15 is 0 Å². The second kappa shape index (κ2) is 9.47. The lowest BCUT2D eigenvalue weighted by Gasteiger charge is -2.33.